The summed E-state index contributed by atoms with van der Waals surface area (Å²) in [7, 11) is 0. The molecule has 2 aromatic rings. The molecule has 0 amide bonds. The van der Waals surface area contributed by atoms with Crippen LogP contribution < -0.4 is 5.56 Å². The number of benzene rings is 1. The summed E-state index contributed by atoms with van der Waals surface area (Å²) < 4.78 is 1.84. The Bertz CT molecular complexity index is 1280. The molecule has 1 N–H and O–H groups in total. The molecule has 8 nitrogen and oxygen atoms in total. The Hall–Kier alpha value is -2.74. The van der Waals surface area contributed by atoms with E-state index < -0.39 is 11.7 Å². The van der Waals surface area contributed by atoms with Gasteiger partial charge in [0, 0.05) is 24.2 Å². The van der Waals surface area contributed by atoms with Gasteiger partial charge in [0.15, 0.2) is 5.69 Å². The first-order valence-corrected chi connectivity index (χ1v) is 15.1. The maximum absolute atomic E-state index is 14.0. The van der Waals surface area contributed by atoms with Gasteiger partial charge < -0.3 is 14.5 Å². The van der Waals surface area contributed by atoms with Gasteiger partial charge in [-0.25, -0.2) is 9.78 Å². The van der Waals surface area contributed by atoms with Crippen LogP contribution in [0.5, 0.6) is 0 Å². The highest BCUT2D eigenvalue weighted by atomic mass is 16.6. The van der Waals surface area contributed by atoms with Crippen molar-refractivity contribution in [3.8, 4) is 0 Å². The first-order valence-electron chi connectivity index (χ1n) is 15.1. The SMILES string of the molecule is CC(C)O/N=C(\C(=O)O)c1nc2ccccc2n(C2C[C@H]3CCC[C@H](C2)N3C2C[C@@H]3CCCC[C@@H](C2)C3)c1=O. The van der Waals surface area contributed by atoms with Gasteiger partial charge >= 0.3 is 5.97 Å². The zero-order valence-electron chi connectivity index (χ0n) is 23.3. The minimum Gasteiger partial charge on any atom is -0.476 e. The van der Waals surface area contributed by atoms with Crippen LogP contribution in [0.1, 0.15) is 103 Å². The van der Waals surface area contributed by atoms with E-state index in [0.717, 1.165) is 30.2 Å². The smallest absolute Gasteiger partial charge is 0.360 e. The second-order valence-electron chi connectivity index (χ2n) is 12.7. The van der Waals surface area contributed by atoms with Crippen molar-refractivity contribution >= 4 is 22.7 Å². The monoisotopic (exact) mass is 534 g/mol. The van der Waals surface area contributed by atoms with Crippen LogP contribution in [0.2, 0.25) is 0 Å². The van der Waals surface area contributed by atoms with Crippen molar-refractivity contribution in [1.29, 1.82) is 0 Å². The number of nitrogens with zero attached hydrogens (tertiary/aromatic N) is 4. The molecule has 1 aromatic carbocycles. The lowest BCUT2D eigenvalue weighted by Crippen LogP contribution is -2.58. The molecule has 4 atom stereocenters. The molecule has 2 aliphatic heterocycles. The minimum atomic E-state index is -1.31. The van der Waals surface area contributed by atoms with E-state index in [1.165, 1.54) is 64.2 Å². The van der Waals surface area contributed by atoms with E-state index in [4.69, 9.17) is 4.84 Å². The lowest BCUT2D eigenvalue weighted by Gasteiger charge is -2.54. The van der Waals surface area contributed by atoms with Crippen molar-refractivity contribution < 1.29 is 14.7 Å². The summed E-state index contributed by atoms with van der Waals surface area (Å²) in [6.45, 7) is 3.53. The average Bonchev–Trinajstić information content (AvgIpc) is 3.07. The van der Waals surface area contributed by atoms with Crippen LogP contribution >= 0.6 is 0 Å². The highest BCUT2D eigenvalue weighted by Gasteiger charge is 2.45. The summed E-state index contributed by atoms with van der Waals surface area (Å²) in [5, 5.41) is 13.8. The predicted molar refractivity (Wildman–Crippen MR) is 151 cm³/mol. The first-order chi connectivity index (χ1) is 18.9. The summed E-state index contributed by atoms with van der Waals surface area (Å²) in [4.78, 5) is 38.9. The molecular weight excluding hydrogens is 492 g/mol. The number of carboxylic acids is 1. The normalized spacial score (nSPS) is 31.7. The summed E-state index contributed by atoms with van der Waals surface area (Å²) in [5.41, 5.74) is 0.402. The van der Waals surface area contributed by atoms with Crippen molar-refractivity contribution in [2.75, 3.05) is 0 Å². The third-order valence-corrected chi connectivity index (χ3v) is 9.72. The third kappa shape index (κ3) is 5.24. The van der Waals surface area contributed by atoms with Crippen LogP contribution in [-0.4, -0.2) is 55.5 Å². The Morgan fingerprint density at radius 3 is 2.23 bits per heavy atom. The zero-order valence-corrected chi connectivity index (χ0v) is 23.3. The molecule has 4 aliphatic rings. The summed E-state index contributed by atoms with van der Waals surface area (Å²) in [6.07, 6.45) is 14.8. The van der Waals surface area contributed by atoms with E-state index in [1.54, 1.807) is 13.8 Å². The van der Waals surface area contributed by atoms with E-state index in [1.807, 2.05) is 28.8 Å². The number of carbonyl (C=O) groups is 1. The maximum Gasteiger partial charge on any atom is 0.360 e. The molecule has 8 heteroatoms. The highest BCUT2D eigenvalue weighted by molar-refractivity contribution is 6.41. The first kappa shape index (κ1) is 26.5. The topological polar surface area (TPSA) is 97.0 Å². The number of oxime groups is 1. The van der Waals surface area contributed by atoms with Gasteiger partial charge in [-0.05, 0) is 82.8 Å². The summed E-state index contributed by atoms with van der Waals surface area (Å²) >= 11 is 0. The van der Waals surface area contributed by atoms with Gasteiger partial charge in [0.2, 0.25) is 5.71 Å². The number of piperidine rings is 2. The van der Waals surface area contributed by atoms with Gasteiger partial charge in [-0.1, -0.05) is 49.4 Å². The number of hydrogen-bond acceptors (Lipinski definition) is 6. The molecule has 2 aliphatic carbocycles. The molecular formula is C31H42N4O4. The number of fused-ring (bicyclic) bond motifs is 5. The molecule has 210 valence electrons. The Morgan fingerprint density at radius 1 is 0.923 bits per heavy atom. The van der Waals surface area contributed by atoms with E-state index in [0.29, 0.717) is 23.6 Å². The zero-order chi connectivity index (χ0) is 27.1. The molecule has 0 unspecified atom stereocenters. The quantitative estimate of drug-likeness (QED) is 0.387. The van der Waals surface area contributed by atoms with Gasteiger partial charge in [0.05, 0.1) is 11.0 Å². The van der Waals surface area contributed by atoms with Gasteiger partial charge in [-0.2, -0.15) is 0 Å². The Labute approximate surface area is 230 Å². The molecule has 0 spiro atoms. The van der Waals surface area contributed by atoms with E-state index in [2.05, 4.69) is 15.0 Å². The van der Waals surface area contributed by atoms with Gasteiger partial charge in [-0.15, -0.1) is 0 Å². The highest BCUT2D eigenvalue weighted by Crippen LogP contribution is 2.47. The van der Waals surface area contributed by atoms with Crippen molar-refractivity contribution in [3.63, 3.8) is 0 Å². The van der Waals surface area contributed by atoms with Crippen LogP contribution in [0.15, 0.2) is 34.2 Å². The lowest BCUT2D eigenvalue weighted by molar-refractivity contribution is -0.129. The van der Waals surface area contributed by atoms with E-state index >= 15 is 0 Å². The van der Waals surface area contributed by atoms with Crippen molar-refractivity contribution in [2.45, 2.75) is 121 Å². The van der Waals surface area contributed by atoms with E-state index in [9.17, 15) is 14.7 Å². The summed E-state index contributed by atoms with van der Waals surface area (Å²) in [6, 6.07) is 9.18. The van der Waals surface area contributed by atoms with E-state index in [-0.39, 0.29) is 23.4 Å². The largest absolute Gasteiger partial charge is 0.476 e. The van der Waals surface area contributed by atoms with Crippen LogP contribution in [0.4, 0.5) is 0 Å². The molecule has 4 fully saturated rings. The van der Waals surface area contributed by atoms with Gasteiger partial charge in [0.1, 0.15) is 6.10 Å². The number of hydrogen-bond donors (Lipinski definition) is 1. The number of aromatic nitrogens is 2. The molecule has 4 bridgehead atoms. The average molecular weight is 535 g/mol. The van der Waals surface area contributed by atoms with Crippen LogP contribution in [0.3, 0.4) is 0 Å². The molecule has 3 heterocycles. The fourth-order valence-electron chi connectivity index (χ4n) is 8.32. The predicted octanol–water partition coefficient (Wildman–Crippen LogP) is 5.53. The molecule has 0 radical (unpaired) electrons. The molecule has 1 aromatic heterocycles. The molecule has 39 heavy (non-hydrogen) atoms. The Balaban J connectivity index is 1.36. The minimum absolute atomic E-state index is 0.00244. The lowest BCUT2D eigenvalue weighted by atomic mass is 9.73. The van der Waals surface area contributed by atoms with Crippen molar-refractivity contribution in [2.24, 2.45) is 17.0 Å². The second-order valence-corrected chi connectivity index (χ2v) is 12.7. The van der Waals surface area contributed by atoms with Gasteiger partial charge in [0.25, 0.3) is 5.56 Å². The number of rotatable bonds is 6. The standard InChI is InChI=1S/C31H42N4O4/c1-19(2)39-33-29(31(37)38)28-30(36)35(27-13-6-5-12-26(27)32-28)25-17-22-10-7-11-23(18-25)34(22)24-15-20-8-3-4-9-21(14-20)16-24/h5-6,12-13,19-25H,3-4,7-11,14-18H2,1-2H3,(H,37,38)/b33-29-/t20-,21-,22-,23-/m1/s1. The van der Waals surface area contributed by atoms with Gasteiger partial charge in [-0.3, -0.25) is 9.69 Å². The van der Waals surface area contributed by atoms with Crippen molar-refractivity contribution in [1.82, 2.24) is 14.5 Å². The number of para-hydroxylation sites is 2. The molecule has 6 rings (SSSR count). The number of carboxylic acid groups (broad SMARTS) is 1. The Morgan fingerprint density at radius 2 is 1.59 bits per heavy atom. The van der Waals surface area contributed by atoms with Crippen LogP contribution in [0.25, 0.3) is 11.0 Å². The fraction of sp³-hybridized carbons (Fsp3) is 0.677. The number of aliphatic carboxylic acids is 1. The van der Waals surface area contributed by atoms with Crippen LogP contribution in [-0.2, 0) is 9.63 Å². The Kier molecular flexibility index (Phi) is 7.49. The second kappa shape index (κ2) is 11.0. The van der Waals surface area contributed by atoms with Crippen LogP contribution in [0, 0.1) is 11.8 Å². The maximum atomic E-state index is 14.0. The molecule has 2 saturated heterocycles. The molecule has 2 saturated carbocycles. The third-order valence-electron chi connectivity index (χ3n) is 9.72. The fourth-order valence-corrected chi connectivity index (χ4v) is 8.32. The summed E-state index contributed by atoms with van der Waals surface area (Å²) in [5.74, 6) is 0.448. The van der Waals surface area contributed by atoms with Crippen molar-refractivity contribution in [3.05, 3.63) is 40.3 Å².